The van der Waals surface area contributed by atoms with Crippen molar-refractivity contribution in [1.29, 1.82) is 0 Å². The highest BCUT2D eigenvalue weighted by Gasteiger charge is 2.33. The molecule has 0 aliphatic carbocycles. The second kappa shape index (κ2) is 11.8. The van der Waals surface area contributed by atoms with Crippen molar-refractivity contribution >= 4 is 31.7 Å². The minimum atomic E-state index is -3.91. The third-order valence-electron chi connectivity index (χ3n) is 7.91. The Morgan fingerprint density at radius 1 is 0.857 bits per heavy atom. The largest absolute Gasteiger partial charge is 0.268 e. The number of hydrogen-bond acceptors (Lipinski definition) is 4. The lowest BCUT2D eigenvalue weighted by Crippen LogP contribution is -2.38. The van der Waals surface area contributed by atoms with Crippen molar-refractivity contribution in [2.45, 2.75) is 70.2 Å². The summed E-state index contributed by atoms with van der Waals surface area (Å²) in [6, 6.07) is 27.5. The molecule has 4 aromatic carbocycles. The Morgan fingerprint density at radius 3 is 2.21 bits per heavy atom. The van der Waals surface area contributed by atoms with Crippen molar-refractivity contribution in [3.8, 4) is 5.69 Å². The summed E-state index contributed by atoms with van der Waals surface area (Å²) in [7, 11) is -3.91. The number of sulfonamides is 1. The summed E-state index contributed by atoms with van der Waals surface area (Å²) in [5.41, 5.74) is 1.94. The van der Waals surface area contributed by atoms with Crippen molar-refractivity contribution in [1.82, 2.24) is 13.9 Å². The fourth-order valence-corrected chi connectivity index (χ4v) is 7.06. The first-order valence-electron chi connectivity index (χ1n) is 14.7. The second-order valence-corrected chi connectivity index (χ2v) is 13.8. The molecule has 5 aromatic rings. The first-order chi connectivity index (χ1) is 20.0. The molecule has 0 N–H and O–H groups in total. The van der Waals surface area contributed by atoms with E-state index in [4.69, 9.17) is 4.98 Å². The number of unbranched alkanes of at least 4 members (excludes halogenated alkanes) is 2. The van der Waals surface area contributed by atoms with Crippen LogP contribution in [0.5, 0.6) is 0 Å². The van der Waals surface area contributed by atoms with E-state index in [1.54, 1.807) is 28.8 Å². The fraction of sp³-hybridized carbons (Fsp3) is 0.314. The number of hydrogen-bond donors (Lipinski definition) is 0. The van der Waals surface area contributed by atoms with Crippen LogP contribution in [0.15, 0.2) is 101 Å². The standard InChI is InChI=1S/C35H39N3O3S/c1-6-7-12-23-37(42(40,41)30-21-18-28(19-22-30)35(3,4)5)25(2)33-36-32-16-11-10-15-31(32)34(39)38(33)29-20-17-26-13-8-9-14-27(26)24-29/h8-11,13-22,24-25H,6-7,12,23H2,1-5H3. The molecule has 0 radical (unpaired) electrons. The molecule has 218 valence electrons. The number of fused-ring (bicyclic) bond motifs is 2. The van der Waals surface area contributed by atoms with Crippen molar-refractivity contribution in [3.63, 3.8) is 0 Å². The number of aromatic nitrogens is 2. The van der Waals surface area contributed by atoms with Gasteiger partial charge in [-0.3, -0.25) is 9.36 Å². The van der Waals surface area contributed by atoms with Gasteiger partial charge in [0.2, 0.25) is 10.0 Å². The van der Waals surface area contributed by atoms with Crippen LogP contribution in [-0.4, -0.2) is 28.8 Å². The van der Waals surface area contributed by atoms with Gasteiger partial charge in [-0.15, -0.1) is 0 Å². The molecule has 0 spiro atoms. The Kier molecular flexibility index (Phi) is 8.35. The molecule has 0 bridgehead atoms. The van der Waals surface area contributed by atoms with Crippen molar-refractivity contribution in [3.05, 3.63) is 113 Å². The molecule has 6 nitrogen and oxygen atoms in total. The van der Waals surface area contributed by atoms with Crippen LogP contribution < -0.4 is 5.56 Å². The number of nitrogens with zero attached hydrogens (tertiary/aromatic N) is 3. The van der Waals surface area contributed by atoms with Gasteiger partial charge in [-0.1, -0.05) is 95.1 Å². The molecule has 0 saturated carbocycles. The van der Waals surface area contributed by atoms with E-state index in [-0.39, 0.29) is 15.9 Å². The monoisotopic (exact) mass is 581 g/mol. The molecule has 0 fully saturated rings. The van der Waals surface area contributed by atoms with Crippen LogP contribution >= 0.6 is 0 Å². The van der Waals surface area contributed by atoms with Gasteiger partial charge in [-0.05, 0) is 71.5 Å². The number of rotatable bonds is 9. The topological polar surface area (TPSA) is 72.3 Å². The zero-order valence-corrected chi connectivity index (χ0v) is 25.9. The summed E-state index contributed by atoms with van der Waals surface area (Å²) in [6.45, 7) is 10.6. The molecule has 1 aromatic heterocycles. The third kappa shape index (κ3) is 5.76. The number of para-hydroxylation sites is 1. The zero-order chi connectivity index (χ0) is 30.1. The van der Waals surface area contributed by atoms with Crippen LogP contribution in [0.25, 0.3) is 27.4 Å². The van der Waals surface area contributed by atoms with Gasteiger partial charge in [0, 0.05) is 6.54 Å². The summed E-state index contributed by atoms with van der Waals surface area (Å²) in [5.74, 6) is 0.389. The van der Waals surface area contributed by atoms with E-state index in [1.807, 2.05) is 73.7 Å². The Labute approximate surface area is 248 Å². The van der Waals surface area contributed by atoms with Crippen molar-refractivity contribution in [2.24, 2.45) is 0 Å². The quantitative estimate of drug-likeness (QED) is 0.167. The Balaban J connectivity index is 1.69. The molecule has 0 saturated heterocycles. The van der Waals surface area contributed by atoms with Gasteiger partial charge < -0.3 is 0 Å². The van der Waals surface area contributed by atoms with Crippen LogP contribution in [0, 0.1) is 0 Å². The Bertz CT molecular complexity index is 1890. The highest BCUT2D eigenvalue weighted by molar-refractivity contribution is 7.89. The first-order valence-corrected chi connectivity index (χ1v) is 16.1. The maximum Gasteiger partial charge on any atom is 0.266 e. The van der Waals surface area contributed by atoms with E-state index in [9.17, 15) is 13.2 Å². The van der Waals surface area contributed by atoms with E-state index in [0.717, 1.165) is 29.2 Å². The summed E-state index contributed by atoms with van der Waals surface area (Å²) in [6.07, 6.45) is 2.55. The van der Waals surface area contributed by atoms with Crippen LogP contribution in [-0.2, 0) is 15.4 Å². The van der Waals surface area contributed by atoms with Gasteiger partial charge in [-0.2, -0.15) is 4.31 Å². The van der Waals surface area contributed by atoms with E-state index >= 15 is 0 Å². The lowest BCUT2D eigenvalue weighted by Gasteiger charge is -2.30. The summed E-state index contributed by atoms with van der Waals surface area (Å²) < 4.78 is 31.7. The highest BCUT2D eigenvalue weighted by atomic mass is 32.2. The minimum absolute atomic E-state index is 0.0959. The molecule has 1 unspecified atom stereocenters. The van der Waals surface area contributed by atoms with Gasteiger partial charge >= 0.3 is 0 Å². The summed E-state index contributed by atoms with van der Waals surface area (Å²) in [5, 5.41) is 2.53. The second-order valence-electron chi connectivity index (χ2n) is 11.9. The van der Waals surface area contributed by atoms with E-state index in [1.165, 1.54) is 4.31 Å². The lowest BCUT2D eigenvalue weighted by molar-refractivity contribution is 0.320. The first kappa shape index (κ1) is 29.7. The smallest absolute Gasteiger partial charge is 0.266 e. The molecule has 7 heteroatoms. The summed E-state index contributed by atoms with van der Waals surface area (Å²) >= 11 is 0. The summed E-state index contributed by atoms with van der Waals surface area (Å²) in [4.78, 5) is 19.3. The van der Waals surface area contributed by atoms with Gasteiger partial charge in [0.25, 0.3) is 5.56 Å². The minimum Gasteiger partial charge on any atom is -0.268 e. The molecule has 0 aliphatic heterocycles. The Hall–Kier alpha value is -3.81. The molecule has 1 heterocycles. The number of benzene rings is 4. The van der Waals surface area contributed by atoms with Gasteiger partial charge in [0.1, 0.15) is 5.82 Å². The molecular formula is C35H39N3O3S. The van der Waals surface area contributed by atoms with E-state index < -0.39 is 16.1 Å². The molecule has 0 aliphatic rings. The van der Waals surface area contributed by atoms with Crippen LogP contribution in [0.3, 0.4) is 0 Å². The van der Waals surface area contributed by atoms with Gasteiger partial charge in [0.15, 0.2) is 0 Å². The average Bonchev–Trinajstić information content (AvgIpc) is 2.98. The van der Waals surface area contributed by atoms with Crippen LogP contribution in [0.2, 0.25) is 0 Å². The molecule has 5 rings (SSSR count). The molecular weight excluding hydrogens is 542 g/mol. The maximum atomic E-state index is 14.3. The fourth-order valence-electron chi connectivity index (χ4n) is 5.43. The van der Waals surface area contributed by atoms with E-state index in [0.29, 0.717) is 35.4 Å². The molecule has 1 atom stereocenters. The molecule has 0 amide bonds. The Morgan fingerprint density at radius 2 is 1.52 bits per heavy atom. The highest BCUT2D eigenvalue weighted by Crippen LogP contribution is 2.31. The maximum absolute atomic E-state index is 14.3. The van der Waals surface area contributed by atoms with E-state index in [2.05, 4.69) is 27.7 Å². The van der Waals surface area contributed by atoms with Gasteiger partial charge in [0.05, 0.1) is 27.5 Å². The third-order valence-corrected chi connectivity index (χ3v) is 9.89. The predicted octanol–water partition coefficient (Wildman–Crippen LogP) is 7.78. The normalized spacial score (nSPS) is 13.2. The van der Waals surface area contributed by atoms with Crippen molar-refractivity contribution < 1.29 is 8.42 Å². The van der Waals surface area contributed by atoms with Crippen molar-refractivity contribution in [2.75, 3.05) is 6.54 Å². The lowest BCUT2D eigenvalue weighted by atomic mass is 9.87. The van der Waals surface area contributed by atoms with Crippen LogP contribution in [0.1, 0.15) is 71.3 Å². The van der Waals surface area contributed by atoms with Gasteiger partial charge in [-0.25, -0.2) is 13.4 Å². The molecule has 42 heavy (non-hydrogen) atoms. The zero-order valence-electron chi connectivity index (χ0n) is 25.0. The predicted molar refractivity (Wildman–Crippen MR) is 172 cm³/mol. The average molecular weight is 582 g/mol. The van der Waals surface area contributed by atoms with Crippen LogP contribution in [0.4, 0.5) is 0 Å². The SMILES string of the molecule is CCCCCN(C(C)c1nc2ccccc2c(=O)n1-c1ccc2ccccc2c1)S(=O)(=O)c1ccc(C(C)(C)C)cc1.